The maximum absolute atomic E-state index is 13.5. The van der Waals surface area contributed by atoms with E-state index in [-0.39, 0.29) is 23.0 Å². The third-order valence-corrected chi connectivity index (χ3v) is 5.03. The second kappa shape index (κ2) is 9.02. The molecule has 0 bridgehead atoms. The van der Waals surface area contributed by atoms with Gasteiger partial charge >= 0.3 is 0 Å². The van der Waals surface area contributed by atoms with Gasteiger partial charge in [-0.15, -0.1) is 12.3 Å². The molecule has 7 heteroatoms. The lowest BCUT2D eigenvalue weighted by Crippen LogP contribution is -2.32. The van der Waals surface area contributed by atoms with Crippen LogP contribution in [0.3, 0.4) is 0 Å². The van der Waals surface area contributed by atoms with E-state index in [0.29, 0.717) is 40.3 Å². The number of carbonyl (C=O) groups is 2. The van der Waals surface area contributed by atoms with Crippen molar-refractivity contribution in [3.63, 3.8) is 0 Å². The Morgan fingerprint density at radius 1 is 1.30 bits per heavy atom. The molecule has 1 aliphatic rings. The summed E-state index contributed by atoms with van der Waals surface area (Å²) < 4.78 is 13.5. The van der Waals surface area contributed by atoms with Crippen LogP contribution in [0.2, 0.25) is 5.02 Å². The molecular weight excluding hydrogens is 405 g/mol. The smallest absolute Gasteiger partial charge is 0.165 e. The van der Waals surface area contributed by atoms with Gasteiger partial charge in [-0.05, 0) is 38.1 Å². The van der Waals surface area contributed by atoms with Crippen LogP contribution in [0.5, 0.6) is 0 Å². The van der Waals surface area contributed by atoms with Crippen molar-refractivity contribution in [2.24, 2.45) is 4.99 Å². The number of amidine groups is 1. The van der Waals surface area contributed by atoms with Gasteiger partial charge in [0.05, 0.1) is 0 Å². The van der Waals surface area contributed by atoms with Crippen molar-refractivity contribution in [3.05, 3.63) is 75.5 Å². The van der Waals surface area contributed by atoms with Gasteiger partial charge in [0, 0.05) is 46.5 Å². The molecule has 1 aromatic carbocycles. The number of pyridine rings is 1. The molecule has 1 aromatic heterocycles. The number of hydrogen-bond donors (Lipinski definition) is 1. The highest BCUT2D eigenvalue weighted by Gasteiger charge is 2.29. The summed E-state index contributed by atoms with van der Waals surface area (Å²) in [6.07, 6.45) is 7.29. The molecule has 0 saturated carbocycles. The zero-order valence-electron chi connectivity index (χ0n) is 16.5. The fourth-order valence-electron chi connectivity index (χ4n) is 3.24. The predicted octanol–water partition coefficient (Wildman–Crippen LogP) is 4.42. The standard InChI is InChI=1S/C23H19ClFN3O2/c1-4-5-6-20(30)15-7-10-19(26-12-15)23-27-13(2)21(14(3)29)22(28-23)17-9-8-16(25)11-18(17)24/h1,7-12,22H,5-6H2,2-3H3,(H,27,28). The molecular formula is C23H19ClFN3O2. The Balaban J connectivity index is 1.99. The number of Topliss-reactive ketones (excluding diaryl/α,β-unsaturated/α-hetero) is 2. The van der Waals surface area contributed by atoms with Crippen LogP contribution in [0.1, 0.15) is 54.3 Å². The molecule has 2 aromatic rings. The SMILES string of the molecule is C#CCCC(=O)c1ccc(C2=NC(c3ccc(F)cc3Cl)C(C(C)=O)=C(C)N2)nc1. The molecule has 0 radical (unpaired) electrons. The zero-order chi connectivity index (χ0) is 21.8. The van der Waals surface area contributed by atoms with Crippen LogP contribution in [0.4, 0.5) is 4.39 Å². The molecule has 1 aliphatic heterocycles. The molecule has 1 atom stereocenters. The van der Waals surface area contributed by atoms with Gasteiger partial charge in [-0.2, -0.15) is 0 Å². The lowest BCUT2D eigenvalue weighted by molar-refractivity contribution is -0.114. The number of halogens is 2. The zero-order valence-corrected chi connectivity index (χ0v) is 17.3. The van der Waals surface area contributed by atoms with E-state index in [1.54, 1.807) is 19.1 Å². The minimum absolute atomic E-state index is 0.0866. The van der Waals surface area contributed by atoms with Crippen molar-refractivity contribution in [1.29, 1.82) is 0 Å². The van der Waals surface area contributed by atoms with Gasteiger partial charge in [0.25, 0.3) is 0 Å². The number of carbonyl (C=O) groups excluding carboxylic acids is 2. The van der Waals surface area contributed by atoms with Gasteiger partial charge in [-0.3, -0.25) is 19.6 Å². The minimum atomic E-state index is -0.703. The number of aliphatic imine (C=N–C) groups is 1. The lowest BCUT2D eigenvalue weighted by Gasteiger charge is -2.26. The van der Waals surface area contributed by atoms with Crippen LogP contribution in [0.15, 0.2) is 52.8 Å². The first-order chi connectivity index (χ1) is 14.3. The Kier molecular flexibility index (Phi) is 6.43. The number of hydrogen-bond acceptors (Lipinski definition) is 5. The average Bonchev–Trinajstić information content (AvgIpc) is 2.71. The van der Waals surface area contributed by atoms with Gasteiger partial charge < -0.3 is 5.32 Å². The Hall–Kier alpha value is -3.30. The quantitative estimate of drug-likeness (QED) is 0.551. The molecule has 152 valence electrons. The molecule has 0 aliphatic carbocycles. The van der Waals surface area contributed by atoms with Crippen molar-refractivity contribution < 1.29 is 14.0 Å². The van der Waals surface area contributed by atoms with Crippen molar-refractivity contribution in [2.45, 2.75) is 32.7 Å². The number of rotatable bonds is 6. The summed E-state index contributed by atoms with van der Waals surface area (Å²) >= 11 is 6.24. The van der Waals surface area contributed by atoms with Crippen LogP contribution in [0.25, 0.3) is 0 Å². The summed E-state index contributed by atoms with van der Waals surface area (Å²) in [6, 6.07) is 6.61. The molecule has 0 spiro atoms. The van der Waals surface area contributed by atoms with Crippen LogP contribution in [-0.4, -0.2) is 22.4 Å². The highest BCUT2D eigenvalue weighted by atomic mass is 35.5. The lowest BCUT2D eigenvalue weighted by atomic mass is 9.93. The molecule has 1 unspecified atom stereocenters. The summed E-state index contributed by atoms with van der Waals surface area (Å²) in [7, 11) is 0. The van der Waals surface area contributed by atoms with Crippen molar-refractivity contribution in [3.8, 4) is 12.3 Å². The maximum Gasteiger partial charge on any atom is 0.165 e. The Labute approximate surface area is 179 Å². The molecule has 0 fully saturated rings. The van der Waals surface area contributed by atoms with E-state index >= 15 is 0 Å². The highest BCUT2D eigenvalue weighted by molar-refractivity contribution is 6.31. The Morgan fingerprint density at radius 3 is 2.67 bits per heavy atom. The van der Waals surface area contributed by atoms with Crippen LogP contribution in [0, 0.1) is 18.2 Å². The van der Waals surface area contributed by atoms with E-state index in [1.165, 1.54) is 31.3 Å². The average molecular weight is 424 g/mol. The third kappa shape index (κ3) is 4.47. The van der Waals surface area contributed by atoms with E-state index in [4.69, 9.17) is 18.0 Å². The molecule has 1 N–H and O–H groups in total. The second-order valence-electron chi connectivity index (χ2n) is 6.83. The first-order valence-electron chi connectivity index (χ1n) is 9.26. The predicted molar refractivity (Wildman–Crippen MR) is 114 cm³/mol. The Bertz CT molecular complexity index is 1110. The number of nitrogens with zero attached hydrogens (tertiary/aromatic N) is 2. The van der Waals surface area contributed by atoms with E-state index < -0.39 is 11.9 Å². The highest BCUT2D eigenvalue weighted by Crippen LogP contribution is 2.36. The van der Waals surface area contributed by atoms with Gasteiger partial charge in [-0.1, -0.05) is 17.7 Å². The van der Waals surface area contributed by atoms with Crippen LogP contribution < -0.4 is 5.32 Å². The van der Waals surface area contributed by atoms with E-state index in [2.05, 4.69) is 21.2 Å². The van der Waals surface area contributed by atoms with Crippen molar-refractivity contribution >= 4 is 29.0 Å². The third-order valence-electron chi connectivity index (χ3n) is 4.70. The van der Waals surface area contributed by atoms with Crippen molar-refractivity contribution in [2.75, 3.05) is 0 Å². The summed E-state index contributed by atoms with van der Waals surface area (Å²) in [5, 5.41) is 3.27. The van der Waals surface area contributed by atoms with Gasteiger partial charge in [-0.25, -0.2) is 4.39 Å². The molecule has 0 saturated heterocycles. The second-order valence-corrected chi connectivity index (χ2v) is 7.23. The summed E-state index contributed by atoms with van der Waals surface area (Å²) in [5.74, 6) is 2.13. The number of terminal acetylenes is 1. The summed E-state index contributed by atoms with van der Waals surface area (Å²) in [5.41, 5.74) is 2.51. The Morgan fingerprint density at radius 2 is 2.07 bits per heavy atom. The van der Waals surface area contributed by atoms with Gasteiger partial charge in [0.2, 0.25) is 0 Å². The topological polar surface area (TPSA) is 71.4 Å². The first-order valence-corrected chi connectivity index (χ1v) is 9.64. The van der Waals surface area contributed by atoms with Gasteiger partial charge in [0.15, 0.2) is 17.4 Å². The number of ketones is 2. The molecule has 5 nitrogen and oxygen atoms in total. The van der Waals surface area contributed by atoms with Gasteiger partial charge in [0.1, 0.15) is 17.6 Å². The summed E-state index contributed by atoms with van der Waals surface area (Å²) in [4.78, 5) is 33.3. The summed E-state index contributed by atoms with van der Waals surface area (Å²) in [6.45, 7) is 3.20. The van der Waals surface area contributed by atoms with E-state index in [0.717, 1.165) is 0 Å². The van der Waals surface area contributed by atoms with E-state index in [9.17, 15) is 14.0 Å². The largest absolute Gasteiger partial charge is 0.342 e. The van der Waals surface area contributed by atoms with Crippen LogP contribution >= 0.6 is 11.6 Å². The minimum Gasteiger partial charge on any atom is -0.342 e. The molecule has 0 amide bonds. The van der Waals surface area contributed by atoms with Crippen LogP contribution in [-0.2, 0) is 4.79 Å². The monoisotopic (exact) mass is 423 g/mol. The number of aromatic nitrogens is 1. The molecule has 30 heavy (non-hydrogen) atoms. The normalized spacial score (nSPS) is 15.8. The fourth-order valence-corrected chi connectivity index (χ4v) is 3.51. The number of allylic oxidation sites excluding steroid dienone is 1. The van der Waals surface area contributed by atoms with E-state index in [1.807, 2.05) is 0 Å². The first kappa shape index (κ1) is 21.4. The fraction of sp³-hybridized carbons (Fsp3) is 0.217. The number of nitrogens with one attached hydrogen (secondary N) is 1. The molecule has 2 heterocycles. The number of benzene rings is 1. The molecule has 3 rings (SSSR count). The maximum atomic E-state index is 13.5. The van der Waals surface area contributed by atoms with Crippen molar-refractivity contribution in [1.82, 2.24) is 10.3 Å².